The van der Waals surface area contributed by atoms with Gasteiger partial charge in [0.15, 0.2) is 0 Å². The molecule has 0 heterocycles. The maximum absolute atomic E-state index is 13.8. The van der Waals surface area contributed by atoms with Crippen LogP contribution in [0.1, 0.15) is 27.4 Å². The van der Waals surface area contributed by atoms with Gasteiger partial charge in [-0.3, -0.25) is 4.79 Å². The molecule has 2 rings (SSSR count). The predicted molar refractivity (Wildman–Crippen MR) is 66.1 cm³/mol. The molecule has 1 unspecified atom stereocenters. The van der Waals surface area contributed by atoms with Crippen molar-refractivity contribution in [1.29, 1.82) is 0 Å². The van der Waals surface area contributed by atoms with Gasteiger partial charge < -0.3 is 4.79 Å². The standard InChI is InChI=1S/C15H9F3O2/c16-11-4-10(5-12(17)6-11)14(8-20)13-3-9(7-19)1-2-15(13)18/h1-8,14H. The monoisotopic (exact) mass is 278 g/mol. The highest BCUT2D eigenvalue weighted by molar-refractivity contribution is 5.77. The van der Waals surface area contributed by atoms with Crippen LogP contribution in [-0.2, 0) is 4.79 Å². The lowest BCUT2D eigenvalue weighted by Gasteiger charge is -2.13. The molecule has 5 heteroatoms. The largest absolute Gasteiger partial charge is 0.302 e. The van der Waals surface area contributed by atoms with Crippen LogP contribution in [0.4, 0.5) is 13.2 Å². The van der Waals surface area contributed by atoms with Crippen LogP contribution in [0, 0.1) is 17.5 Å². The summed E-state index contributed by atoms with van der Waals surface area (Å²) < 4.78 is 40.1. The lowest BCUT2D eigenvalue weighted by Crippen LogP contribution is -2.07. The molecular formula is C15H9F3O2. The van der Waals surface area contributed by atoms with Gasteiger partial charge >= 0.3 is 0 Å². The number of carbonyl (C=O) groups excluding carboxylic acids is 2. The molecule has 0 radical (unpaired) electrons. The van der Waals surface area contributed by atoms with Crippen LogP contribution in [0.25, 0.3) is 0 Å². The molecule has 2 aromatic carbocycles. The van der Waals surface area contributed by atoms with Crippen molar-refractivity contribution in [2.75, 3.05) is 0 Å². The fourth-order valence-electron chi connectivity index (χ4n) is 1.96. The Morgan fingerprint density at radius 3 is 2.10 bits per heavy atom. The predicted octanol–water partition coefficient (Wildman–Crippen LogP) is 3.25. The average Bonchev–Trinajstić information content (AvgIpc) is 2.40. The maximum Gasteiger partial charge on any atom is 0.150 e. The Kier molecular flexibility index (Phi) is 3.98. The topological polar surface area (TPSA) is 34.1 Å². The van der Waals surface area contributed by atoms with Crippen LogP contribution in [0.5, 0.6) is 0 Å². The van der Waals surface area contributed by atoms with Crippen LogP contribution in [0.15, 0.2) is 36.4 Å². The van der Waals surface area contributed by atoms with Crippen molar-refractivity contribution in [2.45, 2.75) is 5.92 Å². The van der Waals surface area contributed by atoms with Crippen LogP contribution in [0.2, 0.25) is 0 Å². The Balaban J connectivity index is 2.57. The van der Waals surface area contributed by atoms with Gasteiger partial charge in [0.25, 0.3) is 0 Å². The fraction of sp³-hybridized carbons (Fsp3) is 0.0667. The van der Waals surface area contributed by atoms with E-state index in [2.05, 4.69) is 0 Å². The first-order chi connectivity index (χ1) is 9.55. The number of benzene rings is 2. The molecular weight excluding hydrogens is 269 g/mol. The molecule has 0 aliphatic rings. The fourth-order valence-corrected chi connectivity index (χ4v) is 1.96. The minimum atomic E-state index is -1.18. The smallest absolute Gasteiger partial charge is 0.150 e. The van der Waals surface area contributed by atoms with Gasteiger partial charge in [0.1, 0.15) is 30.0 Å². The third kappa shape index (κ3) is 2.77. The maximum atomic E-state index is 13.8. The first kappa shape index (κ1) is 14.0. The van der Waals surface area contributed by atoms with E-state index in [0.717, 1.165) is 18.2 Å². The van der Waals surface area contributed by atoms with Crippen LogP contribution >= 0.6 is 0 Å². The zero-order valence-electron chi connectivity index (χ0n) is 10.1. The van der Waals surface area contributed by atoms with Crippen molar-refractivity contribution < 1.29 is 22.8 Å². The third-order valence-corrected chi connectivity index (χ3v) is 2.87. The molecule has 0 aliphatic heterocycles. The normalized spacial score (nSPS) is 11.9. The summed E-state index contributed by atoms with van der Waals surface area (Å²) in [6.45, 7) is 0. The summed E-state index contributed by atoms with van der Waals surface area (Å²) in [6, 6.07) is 6.03. The van der Waals surface area contributed by atoms with Gasteiger partial charge in [0, 0.05) is 17.2 Å². The van der Waals surface area contributed by atoms with Gasteiger partial charge in [-0.05, 0) is 35.9 Å². The minimum absolute atomic E-state index is 0.0144. The highest BCUT2D eigenvalue weighted by Crippen LogP contribution is 2.27. The molecule has 2 aromatic rings. The van der Waals surface area contributed by atoms with Crippen LogP contribution in [-0.4, -0.2) is 12.6 Å². The van der Waals surface area contributed by atoms with Crippen LogP contribution < -0.4 is 0 Å². The highest BCUT2D eigenvalue weighted by Gasteiger charge is 2.19. The van der Waals surface area contributed by atoms with Gasteiger partial charge in [0.2, 0.25) is 0 Å². The van der Waals surface area contributed by atoms with Gasteiger partial charge in [-0.1, -0.05) is 0 Å². The van der Waals surface area contributed by atoms with Crippen molar-refractivity contribution in [3.8, 4) is 0 Å². The minimum Gasteiger partial charge on any atom is -0.302 e. The molecule has 0 spiro atoms. The SMILES string of the molecule is O=Cc1ccc(F)c(C(C=O)c2cc(F)cc(F)c2)c1. The number of carbonyl (C=O) groups is 2. The van der Waals surface area contributed by atoms with E-state index in [1.165, 1.54) is 12.1 Å². The molecule has 20 heavy (non-hydrogen) atoms. The molecule has 0 bridgehead atoms. The molecule has 102 valence electrons. The lowest BCUT2D eigenvalue weighted by atomic mass is 9.91. The van der Waals surface area contributed by atoms with Crippen molar-refractivity contribution >= 4 is 12.6 Å². The van der Waals surface area contributed by atoms with Crippen molar-refractivity contribution in [3.63, 3.8) is 0 Å². The number of hydrogen-bond donors (Lipinski definition) is 0. The lowest BCUT2D eigenvalue weighted by molar-refractivity contribution is -0.108. The zero-order valence-corrected chi connectivity index (χ0v) is 10.1. The third-order valence-electron chi connectivity index (χ3n) is 2.87. The van der Waals surface area contributed by atoms with E-state index in [4.69, 9.17) is 0 Å². The molecule has 2 nitrogen and oxygen atoms in total. The summed E-state index contributed by atoms with van der Waals surface area (Å²) in [4.78, 5) is 21.9. The van der Waals surface area contributed by atoms with Gasteiger partial charge in [-0.2, -0.15) is 0 Å². The molecule has 0 aliphatic carbocycles. The van der Waals surface area contributed by atoms with Crippen molar-refractivity contribution in [2.24, 2.45) is 0 Å². The Hall–Kier alpha value is -2.43. The summed E-state index contributed by atoms with van der Waals surface area (Å²) in [6.07, 6.45) is 0.873. The summed E-state index contributed by atoms with van der Waals surface area (Å²) in [5, 5.41) is 0. The van der Waals surface area contributed by atoms with E-state index in [1.807, 2.05) is 0 Å². The summed E-state index contributed by atoms with van der Waals surface area (Å²) in [7, 11) is 0. The van der Waals surface area contributed by atoms with E-state index in [-0.39, 0.29) is 16.7 Å². The van der Waals surface area contributed by atoms with Crippen LogP contribution in [0.3, 0.4) is 0 Å². The zero-order chi connectivity index (χ0) is 14.7. The summed E-state index contributed by atoms with van der Waals surface area (Å²) in [5.41, 5.74) is 0.0548. The molecule has 0 saturated carbocycles. The molecule has 0 N–H and O–H groups in total. The Labute approximate surface area is 112 Å². The highest BCUT2D eigenvalue weighted by atomic mass is 19.1. The molecule has 0 fully saturated rings. The van der Waals surface area contributed by atoms with Gasteiger partial charge in [-0.25, -0.2) is 13.2 Å². The van der Waals surface area contributed by atoms with E-state index < -0.39 is 23.4 Å². The Morgan fingerprint density at radius 1 is 0.900 bits per heavy atom. The van der Waals surface area contributed by atoms with Crippen molar-refractivity contribution in [1.82, 2.24) is 0 Å². The molecule has 0 amide bonds. The quantitative estimate of drug-likeness (QED) is 0.804. The number of rotatable bonds is 4. The Bertz CT molecular complexity index is 648. The Morgan fingerprint density at radius 2 is 1.55 bits per heavy atom. The van der Waals surface area contributed by atoms with E-state index in [0.29, 0.717) is 18.6 Å². The van der Waals surface area contributed by atoms with Gasteiger partial charge in [0.05, 0.1) is 5.92 Å². The number of halogens is 3. The van der Waals surface area contributed by atoms with E-state index >= 15 is 0 Å². The first-order valence-electron chi connectivity index (χ1n) is 5.71. The summed E-state index contributed by atoms with van der Waals surface area (Å²) in [5.74, 6) is -3.63. The van der Waals surface area contributed by atoms with Gasteiger partial charge in [-0.15, -0.1) is 0 Å². The number of aldehydes is 2. The molecule has 0 saturated heterocycles. The molecule has 0 aromatic heterocycles. The second-order valence-corrected chi connectivity index (χ2v) is 4.22. The average molecular weight is 278 g/mol. The first-order valence-corrected chi connectivity index (χ1v) is 5.71. The van der Waals surface area contributed by atoms with E-state index in [1.54, 1.807) is 0 Å². The second kappa shape index (κ2) is 5.69. The second-order valence-electron chi connectivity index (χ2n) is 4.22. The number of hydrogen-bond acceptors (Lipinski definition) is 2. The van der Waals surface area contributed by atoms with Crippen molar-refractivity contribution in [3.05, 3.63) is 70.5 Å². The van der Waals surface area contributed by atoms with E-state index in [9.17, 15) is 22.8 Å². The molecule has 1 atom stereocenters. The summed E-state index contributed by atoms with van der Waals surface area (Å²) >= 11 is 0.